The molecule has 0 saturated carbocycles. The minimum atomic E-state index is -0.719. The summed E-state index contributed by atoms with van der Waals surface area (Å²) in [5.74, 6) is 1.37. The monoisotopic (exact) mass is 550 g/mol. The van der Waals surface area contributed by atoms with Crippen LogP contribution in [0, 0.1) is 20.8 Å². The zero-order chi connectivity index (χ0) is 28.2. The van der Waals surface area contributed by atoms with Crippen molar-refractivity contribution in [3.63, 3.8) is 0 Å². The first-order valence-electron chi connectivity index (χ1n) is 13.2. The number of benzene rings is 3. The highest BCUT2D eigenvalue weighted by molar-refractivity contribution is 6.30. The van der Waals surface area contributed by atoms with E-state index in [9.17, 15) is 9.59 Å². The van der Waals surface area contributed by atoms with Crippen molar-refractivity contribution in [2.24, 2.45) is 0 Å². The fourth-order valence-electron chi connectivity index (χ4n) is 4.74. The van der Waals surface area contributed by atoms with E-state index in [0.29, 0.717) is 36.7 Å². The fourth-order valence-corrected chi connectivity index (χ4v) is 4.98. The van der Waals surface area contributed by atoms with Gasteiger partial charge in [-0.1, -0.05) is 30.3 Å². The summed E-state index contributed by atoms with van der Waals surface area (Å²) in [6.45, 7) is 10.4. The third-order valence-corrected chi connectivity index (χ3v) is 7.52. The number of carbonyl (C=O) groups is 2. The van der Waals surface area contributed by atoms with Gasteiger partial charge in [-0.05, 0) is 100 Å². The summed E-state index contributed by atoms with van der Waals surface area (Å²) in [7, 11) is 0. The molecule has 0 fully saturated rings. The molecule has 0 aliphatic carbocycles. The van der Waals surface area contributed by atoms with Crippen molar-refractivity contribution >= 4 is 23.5 Å². The van der Waals surface area contributed by atoms with Crippen LogP contribution in [0.1, 0.15) is 58.4 Å². The number of hydrogen-bond acceptors (Lipinski definition) is 6. The maximum absolute atomic E-state index is 12.8. The third-order valence-electron chi connectivity index (χ3n) is 7.19. The highest BCUT2D eigenvalue weighted by Gasteiger charge is 2.36. The minimum Gasteiger partial charge on any atom is -0.489 e. The second-order valence-electron chi connectivity index (χ2n) is 10.2. The standard InChI is InChI=1S/C32H35ClO6/c1-6-36-31(35)27(33)18-23-12-14-25(15-13-23)37-19-32(5)17-16-26-22(4)28(20(2)21(3)29(26)39-32)38-30(34)24-10-8-7-9-11-24/h7-15,27H,6,16-19H2,1-5H3. The highest BCUT2D eigenvalue weighted by atomic mass is 35.5. The van der Waals surface area contributed by atoms with Gasteiger partial charge >= 0.3 is 11.9 Å². The van der Waals surface area contributed by atoms with Crippen LogP contribution in [0.4, 0.5) is 0 Å². The van der Waals surface area contributed by atoms with Crippen LogP contribution in [0.15, 0.2) is 54.6 Å². The molecule has 0 radical (unpaired) electrons. The van der Waals surface area contributed by atoms with Crippen molar-refractivity contribution < 1.29 is 28.5 Å². The first-order valence-corrected chi connectivity index (χ1v) is 13.7. The van der Waals surface area contributed by atoms with E-state index in [1.165, 1.54) is 0 Å². The first-order chi connectivity index (χ1) is 18.6. The largest absolute Gasteiger partial charge is 0.489 e. The maximum Gasteiger partial charge on any atom is 0.343 e. The molecule has 0 spiro atoms. The summed E-state index contributed by atoms with van der Waals surface area (Å²) < 4.78 is 23.5. The van der Waals surface area contributed by atoms with Crippen LogP contribution in [0.5, 0.6) is 17.2 Å². The summed E-state index contributed by atoms with van der Waals surface area (Å²) in [6, 6.07) is 16.6. The predicted octanol–water partition coefficient (Wildman–Crippen LogP) is 6.71. The number of ether oxygens (including phenoxy) is 4. The molecule has 7 heteroatoms. The van der Waals surface area contributed by atoms with Crippen LogP contribution < -0.4 is 14.2 Å². The van der Waals surface area contributed by atoms with Gasteiger partial charge in [0.1, 0.15) is 34.8 Å². The molecule has 1 heterocycles. The lowest BCUT2D eigenvalue weighted by atomic mass is 9.87. The number of hydrogen-bond donors (Lipinski definition) is 0. The Kier molecular flexibility index (Phi) is 8.86. The molecule has 0 amide bonds. The normalized spacial score (nSPS) is 17.0. The molecule has 0 saturated heterocycles. The molecule has 1 aliphatic heterocycles. The maximum atomic E-state index is 12.8. The van der Waals surface area contributed by atoms with E-state index in [-0.39, 0.29) is 5.97 Å². The van der Waals surface area contributed by atoms with Crippen molar-refractivity contribution in [1.82, 2.24) is 0 Å². The van der Waals surface area contributed by atoms with Gasteiger partial charge in [-0.25, -0.2) is 4.79 Å². The van der Waals surface area contributed by atoms with E-state index in [2.05, 4.69) is 6.92 Å². The first kappa shape index (κ1) is 28.5. The fraction of sp³-hybridized carbons (Fsp3) is 0.375. The van der Waals surface area contributed by atoms with Crippen LogP contribution in [-0.4, -0.2) is 36.1 Å². The molecular weight excluding hydrogens is 516 g/mol. The summed E-state index contributed by atoms with van der Waals surface area (Å²) in [5.41, 5.74) is 4.75. The van der Waals surface area contributed by atoms with Gasteiger partial charge in [0.15, 0.2) is 0 Å². The lowest BCUT2D eigenvalue weighted by molar-refractivity contribution is -0.142. The van der Waals surface area contributed by atoms with Crippen molar-refractivity contribution in [3.8, 4) is 17.2 Å². The Balaban J connectivity index is 1.43. The molecule has 2 atom stereocenters. The van der Waals surface area contributed by atoms with Gasteiger partial charge in [-0.2, -0.15) is 0 Å². The van der Waals surface area contributed by atoms with Gasteiger partial charge in [0.25, 0.3) is 0 Å². The molecule has 1 aliphatic rings. The van der Waals surface area contributed by atoms with Gasteiger partial charge in [0.2, 0.25) is 0 Å². The number of alkyl halides is 1. The SMILES string of the molecule is CCOC(=O)C(Cl)Cc1ccc(OCC2(C)CCc3c(C)c(OC(=O)c4ccccc4)c(C)c(C)c3O2)cc1. The predicted molar refractivity (Wildman–Crippen MR) is 151 cm³/mol. The van der Waals surface area contributed by atoms with Crippen LogP contribution in [0.25, 0.3) is 0 Å². The molecule has 39 heavy (non-hydrogen) atoms. The quantitative estimate of drug-likeness (QED) is 0.167. The molecule has 0 bridgehead atoms. The average Bonchev–Trinajstić information content (AvgIpc) is 2.94. The Labute approximate surface area is 235 Å². The number of rotatable bonds is 9. The Hall–Kier alpha value is -3.51. The Morgan fingerprint density at radius 2 is 1.69 bits per heavy atom. The van der Waals surface area contributed by atoms with Crippen LogP contribution in [0.2, 0.25) is 0 Å². The summed E-state index contributed by atoms with van der Waals surface area (Å²) in [5, 5.41) is -0.719. The molecule has 206 valence electrons. The van der Waals surface area contributed by atoms with E-state index in [1.54, 1.807) is 19.1 Å². The lowest BCUT2D eigenvalue weighted by Gasteiger charge is -2.37. The molecule has 4 rings (SSSR count). The molecule has 3 aromatic carbocycles. The van der Waals surface area contributed by atoms with Gasteiger partial charge in [-0.3, -0.25) is 4.79 Å². The van der Waals surface area contributed by atoms with Crippen LogP contribution in [0.3, 0.4) is 0 Å². The molecule has 0 N–H and O–H groups in total. The van der Waals surface area contributed by atoms with Crippen LogP contribution in [-0.2, 0) is 22.4 Å². The second-order valence-corrected chi connectivity index (χ2v) is 10.7. The van der Waals surface area contributed by atoms with Crippen LogP contribution >= 0.6 is 11.6 Å². The molecular formula is C32H35ClO6. The van der Waals surface area contributed by atoms with Crippen molar-refractivity contribution in [2.75, 3.05) is 13.2 Å². The average molecular weight is 551 g/mol. The van der Waals surface area contributed by atoms with E-state index in [0.717, 1.165) is 46.4 Å². The number of carbonyl (C=O) groups excluding carboxylic acids is 2. The van der Waals surface area contributed by atoms with Gasteiger partial charge in [-0.15, -0.1) is 11.6 Å². The Morgan fingerprint density at radius 1 is 1.00 bits per heavy atom. The number of halogens is 1. The van der Waals surface area contributed by atoms with E-state index < -0.39 is 16.9 Å². The highest BCUT2D eigenvalue weighted by Crippen LogP contribution is 2.44. The lowest BCUT2D eigenvalue weighted by Crippen LogP contribution is -2.42. The van der Waals surface area contributed by atoms with Gasteiger partial charge in [0.05, 0.1) is 12.2 Å². The Morgan fingerprint density at radius 3 is 2.36 bits per heavy atom. The number of fused-ring (bicyclic) bond motifs is 1. The van der Waals surface area contributed by atoms with Crippen molar-refractivity contribution in [3.05, 3.63) is 88.0 Å². The smallest absolute Gasteiger partial charge is 0.343 e. The summed E-state index contributed by atoms with van der Waals surface area (Å²) in [6.07, 6.45) is 1.92. The summed E-state index contributed by atoms with van der Waals surface area (Å²) >= 11 is 6.16. The van der Waals surface area contributed by atoms with Crippen molar-refractivity contribution in [2.45, 2.75) is 64.9 Å². The topological polar surface area (TPSA) is 71.1 Å². The van der Waals surface area contributed by atoms with Gasteiger partial charge in [0, 0.05) is 5.56 Å². The number of esters is 2. The zero-order valence-corrected chi connectivity index (χ0v) is 23.9. The zero-order valence-electron chi connectivity index (χ0n) is 23.1. The van der Waals surface area contributed by atoms with E-state index in [4.69, 9.17) is 30.5 Å². The van der Waals surface area contributed by atoms with Gasteiger partial charge < -0.3 is 18.9 Å². The second kappa shape index (κ2) is 12.1. The van der Waals surface area contributed by atoms with E-state index in [1.807, 2.05) is 63.2 Å². The van der Waals surface area contributed by atoms with E-state index >= 15 is 0 Å². The third kappa shape index (κ3) is 6.56. The Bertz CT molecular complexity index is 1340. The minimum absolute atomic E-state index is 0.307. The molecule has 0 aromatic heterocycles. The molecule has 3 aromatic rings. The molecule has 2 unspecified atom stereocenters. The van der Waals surface area contributed by atoms with Crippen molar-refractivity contribution in [1.29, 1.82) is 0 Å². The summed E-state index contributed by atoms with van der Waals surface area (Å²) in [4.78, 5) is 24.5. The molecule has 6 nitrogen and oxygen atoms in total.